The van der Waals surface area contributed by atoms with Gasteiger partial charge in [-0.1, -0.05) is 48.5 Å². The highest BCUT2D eigenvalue weighted by Crippen LogP contribution is 2.18. The average Bonchev–Trinajstić information content (AvgIpc) is 3.20. The highest BCUT2D eigenvalue weighted by Gasteiger charge is 2.17. The maximum Gasteiger partial charge on any atom is 0.123 e. The van der Waals surface area contributed by atoms with E-state index < -0.39 is 0 Å². The molecule has 2 aromatic carbocycles. The summed E-state index contributed by atoms with van der Waals surface area (Å²) in [6.45, 7) is 1.13. The van der Waals surface area contributed by atoms with Gasteiger partial charge < -0.3 is 10.3 Å². The monoisotopic (exact) mass is 265 g/mol. The van der Waals surface area contributed by atoms with Gasteiger partial charge in [0.25, 0.3) is 0 Å². The molecule has 1 aliphatic rings. The Hall–Kier alpha value is -2.13. The first-order chi connectivity index (χ1) is 9.93. The molecule has 1 fully saturated rings. The molecular formula is C17H19N3. The molecule has 102 valence electrons. The summed E-state index contributed by atoms with van der Waals surface area (Å²) in [7, 11) is 0. The topological polar surface area (TPSA) is 40.7 Å². The van der Waals surface area contributed by atoms with Crippen molar-refractivity contribution in [2.45, 2.75) is 18.9 Å². The van der Waals surface area contributed by atoms with Crippen LogP contribution in [0.3, 0.4) is 0 Å². The van der Waals surface area contributed by atoms with Crippen LogP contribution in [-0.4, -0.2) is 16.5 Å². The van der Waals surface area contributed by atoms with Gasteiger partial charge in [-0.15, -0.1) is 0 Å². The van der Waals surface area contributed by atoms with E-state index in [2.05, 4.69) is 63.8 Å². The highest BCUT2D eigenvalue weighted by atomic mass is 15.0. The van der Waals surface area contributed by atoms with Crippen LogP contribution in [0.5, 0.6) is 0 Å². The molecule has 0 spiro atoms. The predicted octanol–water partition coefficient (Wildman–Crippen LogP) is 3.67. The van der Waals surface area contributed by atoms with Crippen LogP contribution in [0.2, 0.25) is 0 Å². The number of hydrogen-bond acceptors (Lipinski definition) is 2. The number of nitrogens with zero attached hydrogens (tertiary/aromatic N) is 1. The summed E-state index contributed by atoms with van der Waals surface area (Å²) in [5, 5.41) is 5.99. The molecule has 1 aromatic heterocycles. The Morgan fingerprint density at radius 1 is 0.950 bits per heavy atom. The standard InChI is InChI=1S/C10H8.C7H11N3/c1-2-6-10-8-4-3-7-9(10)5-1;1-2-6(8-3-1)7-9-4-5-10-7/h1-8H;4-6,8H,1-3H2,(H,9,10). The van der Waals surface area contributed by atoms with Crippen molar-refractivity contribution in [3.63, 3.8) is 0 Å². The van der Waals surface area contributed by atoms with Gasteiger partial charge in [0, 0.05) is 12.4 Å². The SMILES string of the molecule is c1c[nH]c(C2CCCN2)n1.c1ccc2ccccc2c1. The molecule has 4 rings (SSSR count). The molecule has 3 heteroatoms. The van der Waals surface area contributed by atoms with E-state index in [0.717, 1.165) is 12.4 Å². The summed E-state index contributed by atoms with van der Waals surface area (Å²) in [6, 6.07) is 17.2. The zero-order valence-electron chi connectivity index (χ0n) is 11.4. The fourth-order valence-electron chi connectivity index (χ4n) is 2.52. The van der Waals surface area contributed by atoms with Crippen LogP contribution in [0.25, 0.3) is 10.8 Å². The Morgan fingerprint density at radius 3 is 2.05 bits per heavy atom. The van der Waals surface area contributed by atoms with Crippen LogP contribution in [0, 0.1) is 0 Å². The number of rotatable bonds is 1. The lowest BCUT2D eigenvalue weighted by Crippen LogP contribution is -2.13. The van der Waals surface area contributed by atoms with Gasteiger partial charge in [0.15, 0.2) is 0 Å². The predicted molar refractivity (Wildman–Crippen MR) is 82.5 cm³/mol. The number of hydrogen-bond donors (Lipinski definition) is 2. The summed E-state index contributed by atoms with van der Waals surface area (Å²) in [5.41, 5.74) is 0. The molecule has 0 bridgehead atoms. The second-order valence-electron chi connectivity index (χ2n) is 4.97. The molecule has 1 saturated heterocycles. The Labute approximate surface area is 119 Å². The molecule has 0 aliphatic carbocycles. The van der Waals surface area contributed by atoms with Gasteiger partial charge >= 0.3 is 0 Å². The van der Waals surface area contributed by atoms with Crippen LogP contribution in [0.1, 0.15) is 24.7 Å². The second kappa shape index (κ2) is 6.35. The van der Waals surface area contributed by atoms with Gasteiger partial charge in [-0.05, 0) is 30.2 Å². The van der Waals surface area contributed by atoms with E-state index >= 15 is 0 Å². The van der Waals surface area contributed by atoms with Crippen molar-refractivity contribution >= 4 is 10.8 Å². The molecule has 2 N–H and O–H groups in total. The van der Waals surface area contributed by atoms with Gasteiger partial charge in [-0.3, -0.25) is 0 Å². The van der Waals surface area contributed by atoms with E-state index in [0.29, 0.717) is 6.04 Å². The molecule has 20 heavy (non-hydrogen) atoms. The first-order valence-electron chi connectivity index (χ1n) is 7.10. The third kappa shape index (κ3) is 3.06. The molecule has 2 heterocycles. The molecule has 1 atom stereocenters. The molecule has 1 unspecified atom stereocenters. The van der Waals surface area contributed by atoms with Crippen LogP contribution in [-0.2, 0) is 0 Å². The number of fused-ring (bicyclic) bond motifs is 1. The molecule has 0 amide bonds. The van der Waals surface area contributed by atoms with Crippen LogP contribution < -0.4 is 5.32 Å². The minimum atomic E-state index is 0.481. The normalized spacial score (nSPS) is 17.7. The second-order valence-corrected chi connectivity index (χ2v) is 4.97. The van der Waals surface area contributed by atoms with Crippen LogP contribution in [0.15, 0.2) is 60.9 Å². The van der Waals surface area contributed by atoms with Gasteiger partial charge in [0.05, 0.1) is 6.04 Å². The Balaban J connectivity index is 0.000000121. The lowest BCUT2D eigenvalue weighted by atomic mass is 10.1. The Kier molecular flexibility index (Phi) is 4.09. The summed E-state index contributed by atoms with van der Waals surface area (Å²) in [4.78, 5) is 7.29. The van der Waals surface area contributed by atoms with Crippen molar-refractivity contribution < 1.29 is 0 Å². The maximum atomic E-state index is 4.18. The van der Waals surface area contributed by atoms with Crippen molar-refractivity contribution in [3.8, 4) is 0 Å². The number of H-pyrrole nitrogens is 1. The number of nitrogens with one attached hydrogen (secondary N) is 2. The molecule has 1 aliphatic heterocycles. The van der Waals surface area contributed by atoms with E-state index in [1.807, 2.05) is 6.20 Å². The summed E-state index contributed by atoms with van der Waals surface area (Å²) in [5.74, 6) is 1.08. The molecular weight excluding hydrogens is 246 g/mol. The van der Waals surface area contributed by atoms with Crippen LogP contribution >= 0.6 is 0 Å². The molecule has 3 nitrogen and oxygen atoms in total. The molecule has 0 radical (unpaired) electrons. The molecule has 3 aromatic rings. The molecule has 0 saturated carbocycles. The first-order valence-corrected chi connectivity index (χ1v) is 7.10. The summed E-state index contributed by atoms with van der Waals surface area (Å²) >= 11 is 0. The quantitative estimate of drug-likeness (QED) is 0.704. The lowest BCUT2D eigenvalue weighted by molar-refractivity contribution is 0.612. The average molecular weight is 265 g/mol. The van der Waals surface area contributed by atoms with E-state index in [1.165, 1.54) is 23.6 Å². The number of aromatic nitrogens is 2. The number of aromatic amines is 1. The smallest absolute Gasteiger partial charge is 0.123 e. The fraction of sp³-hybridized carbons (Fsp3) is 0.235. The van der Waals surface area contributed by atoms with E-state index in [9.17, 15) is 0 Å². The third-order valence-corrected chi connectivity index (χ3v) is 3.57. The van der Waals surface area contributed by atoms with E-state index in [4.69, 9.17) is 0 Å². The van der Waals surface area contributed by atoms with E-state index in [1.54, 1.807) is 6.20 Å². The minimum Gasteiger partial charge on any atom is -0.347 e. The first kappa shape index (κ1) is 12.9. The summed E-state index contributed by atoms with van der Waals surface area (Å²) < 4.78 is 0. The maximum absolute atomic E-state index is 4.18. The van der Waals surface area contributed by atoms with Crippen molar-refractivity contribution in [2.24, 2.45) is 0 Å². The van der Waals surface area contributed by atoms with Gasteiger partial charge in [-0.25, -0.2) is 4.98 Å². The van der Waals surface area contributed by atoms with Crippen molar-refractivity contribution in [2.75, 3.05) is 6.54 Å². The van der Waals surface area contributed by atoms with Crippen molar-refractivity contribution in [3.05, 3.63) is 66.7 Å². The highest BCUT2D eigenvalue weighted by molar-refractivity contribution is 5.81. The van der Waals surface area contributed by atoms with Gasteiger partial charge in [0.2, 0.25) is 0 Å². The fourth-order valence-corrected chi connectivity index (χ4v) is 2.52. The van der Waals surface area contributed by atoms with Gasteiger partial charge in [-0.2, -0.15) is 0 Å². The lowest BCUT2D eigenvalue weighted by Gasteiger charge is -2.04. The number of benzene rings is 2. The summed E-state index contributed by atoms with van der Waals surface area (Å²) in [6.07, 6.45) is 6.16. The Morgan fingerprint density at radius 2 is 1.60 bits per heavy atom. The zero-order valence-corrected chi connectivity index (χ0v) is 11.4. The third-order valence-electron chi connectivity index (χ3n) is 3.57. The zero-order chi connectivity index (χ0) is 13.6. The largest absolute Gasteiger partial charge is 0.347 e. The van der Waals surface area contributed by atoms with Crippen molar-refractivity contribution in [1.29, 1.82) is 0 Å². The van der Waals surface area contributed by atoms with Gasteiger partial charge in [0.1, 0.15) is 5.82 Å². The Bertz CT molecular complexity index is 575. The van der Waals surface area contributed by atoms with Crippen molar-refractivity contribution in [1.82, 2.24) is 15.3 Å². The minimum absolute atomic E-state index is 0.481. The number of imidazole rings is 1. The van der Waals surface area contributed by atoms with E-state index in [-0.39, 0.29) is 0 Å². The van der Waals surface area contributed by atoms with Crippen LogP contribution in [0.4, 0.5) is 0 Å².